The first-order valence-corrected chi connectivity index (χ1v) is 6.96. The maximum Gasteiger partial charge on any atom is 0.212 e. The number of rotatable bonds is 8. The minimum Gasteiger partial charge on any atom is -0.497 e. The van der Waals surface area contributed by atoms with Crippen molar-refractivity contribution in [3.05, 3.63) is 29.6 Å². The van der Waals surface area contributed by atoms with Crippen molar-refractivity contribution < 1.29 is 9.47 Å². The Labute approximate surface area is 124 Å². The van der Waals surface area contributed by atoms with Crippen molar-refractivity contribution in [1.29, 1.82) is 0 Å². The number of benzene rings is 1. The summed E-state index contributed by atoms with van der Waals surface area (Å²) < 4.78 is 11.1. The molecule has 0 atom stereocenters. The zero-order valence-electron chi connectivity index (χ0n) is 12.7. The van der Waals surface area contributed by atoms with Gasteiger partial charge in [-0.05, 0) is 36.4 Å². The van der Waals surface area contributed by atoms with Crippen LogP contribution in [0.5, 0.6) is 11.5 Å². The number of hydrogen-bond donors (Lipinski definition) is 1. The smallest absolute Gasteiger partial charge is 0.212 e. The first kappa shape index (κ1) is 15.2. The van der Waals surface area contributed by atoms with Crippen LogP contribution in [0.15, 0.2) is 18.2 Å². The van der Waals surface area contributed by atoms with Crippen LogP contribution in [0.1, 0.15) is 24.7 Å². The van der Waals surface area contributed by atoms with E-state index in [2.05, 4.69) is 27.7 Å². The summed E-state index contributed by atoms with van der Waals surface area (Å²) in [7, 11) is 3.38. The molecule has 7 heteroatoms. The second-order valence-electron chi connectivity index (χ2n) is 4.63. The lowest BCUT2D eigenvalue weighted by molar-refractivity contribution is 0.290. The van der Waals surface area contributed by atoms with Gasteiger partial charge in [0.2, 0.25) is 5.82 Å². The molecule has 1 heterocycles. The number of hydrogen-bond acceptors (Lipinski definition) is 6. The van der Waals surface area contributed by atoms with Crippen LogP contribution < -0.4 is 14.8 Å². The molecule has 0 fully saturated rings. The van der Waals surface area contributed by atoms with Crippen molar-refractivity contribution in [2.45, 2.75) is 26.5 Å². The summed E-state index contributed by atoms with van der Waals surface area (Å²) in [6.45, 7) is 4.12. The van der Waals surface area contributed by atoms with Crippen LogP contribution in [0.4, 0.5) is 0 Å². The molecule has 7 nitrogen and oxygen atoms in total. The largest absolute Gasteiger partial charge is 0.497 e. The zero-order chi connectivity index (χ0) is 15.1. The predicted molar refractivity (Wildman–Crippen MR) is 78.1 cm³/mol. The van der Waals surface area contributed by atoms with Gasteiger partial charge >= 0.3 is 0 Å². The molecule has 2 rings (SSSR count). The van der Waals surface area contributed by atoms with Crippen molar-refractivity contribution in [2.24, 2.45) is 7.05 Å². The monoisotopic (exact) mass is 291 g/mol. The van der Waals surface area contributed by atoms with Gasteiger partial charge in [-0.3, -0.25) is 0 Å². The second-order valence-corrected chi connectivity index (χ2v) is 4.63. The second kappa shape index (κ2) is 7.58. The highest BCUT2D eigenvalue weighted by molar-refractivity contribution is 5.40. The highest BCUT2D eigenvalue weighted by Gasteiger charge is 2.08. The average molecular weight is 291 g/mol. The van der Waals surface area contributed by atoms with Gasteiger partial charge in [-0.2, -0.15) is 4.80 Å². The molecule has 2 aromatic rings. The molecule has 21 heavy (non-hydrogen) atoms. The molecule has 1 aromatic heterocycles. The lowest BCUT2D eigenvalue weighted by Crippen LogP contribution is -2.15. The first-order chi connectivity index (χ1) is 10.2. The van der Waals surface area contributed by atoms with Crippen molar-refractivity contribution in [2.75, 3.05) is 13.7 Å². The Morgan fingerprint density at radius 2 is 2.19 bits per heavy atom. The molecular weight excluding hydrogens is 270 g/mol. The van der Waals surface area contributed by atoms with E-state index in [1.807, 2.05) is 18.2 Å². The fraction of sp³-hybridized carbons (Fsp3) is 0.500. The van der Waals surface area contributed by atoms with Crippen molar-refractivity contribution in [3.63, 3.8) is 0 Å². The van der Waals surface area contributed by atoms with Gasteiger partial charge in [-0.15, -0.1) is 10.2 Å². The van der Waals surface area contributed by atoms with Crippen molar-refractivity contribution in [1.82, 2.24) is 25.5 Å². The molecule has 1 N–H and O–H groups in total. The fourth-order valence-corrected chi connectivity index (χ4v) is 1.89. The Balaban J connectivity index is 2.05. The lowest BCUT2D eigenvalue weighted by Gasteiger charge is -2.12. The Bertz CT molecular complexity index is 570. The summed E-state index contributed by atoms with van der Waals surface area (Å²) in [5.41, 5.74) is 1.05. The normalized spacial score (nSPS) is 10.6. The van der Waals surface area contributed by atoms with E-state index in [1.165, 1.54) is 4.80 Å². The molecule has 0 saturated heterocycles. The first-order valence-electron chi connectivity index (χ1n) is 6.96. The summed E-state index contributed by atoms with van der Waals surface area (Å²) in [6.07, 6.45) is 1.09. The van der Waals surface area contributed by atoms with Gasteiger partial charge in [-0.1, -0.05) is 6.92 Å². The maximum absolute atomic E-state index is 5.79. The molecule has 0 radical (unpaired) electrons. The van der Waals surface area contributed by atoms with E-state index in [0.717, 1.165) is 36.6 Å². The minimum atomic E-state index is 0.293. The van der Waals surface area contributed by atoms with Crippen LogP contribution in [0.2, 0.25) is 0 Å². The molecule has 0 aliphatic rings. The number of methoxy groups -OCH3 is 1. The third-order valence-corrected chi connectivity index (χ3v) is 2.92. The number of nitrogens with zero attached hydrogens (tertiary/aromatic N) is 4. The van der Waals surface area contributed by atoms with E-state index < -0.39 is 0 Å². The molecule has 0 aliphatic heterocycles. The third-order valence-electron chi connectivity index (χ3n) is 2.92. The van der Waals surface area contributed by atoms with E-state index >= 15 is 0 Å². The van der Waals surface area contributed by atoms with Crippen LogP contribution in [0.25, 0.3) is 0 Å². The van der Waals surface area contributed by atoms with Gasteiger partial charge < -0.3 is 14.8 Å². The number of aryl methyl sites for hydroxylation is 1. The summed E-state index contributed by atoms with van der Waals surface area (Å²) in [6, 6.07) is 5.75. The quantitative estimate of drug-likeness (QED) is 0.739. The fourth-order valence-electron chi connectivity index (χ4n) is 1.89. The standard InChI is InChI=1S/C14H21N5O2/c1-4-7-15-9-11-8-12(20-3)5-6-13(11)21-10-14-16-18-19(2)17-14/h5-6,8,15H,4,7,9-10H2,1-3H3. The predicted octanol–water partition coefficient (Wildman–Crippen LogP) is 1.30. The topological polar surface area (TPSA) is 74.1 Å². The van der Waals surface area contributed by atoms with Crippen molar-refractivity contribution in [3.8, 4) is 11.5 Å². The molecule has 0 saturated carbocycles. The summed E-state index contributed by atoms with van der Waals surface area (Å²) >= 11 is 0. The average Bonchev–Trinajstić information content (AvgIpc) is 2.91. The van der Waals surface area contributed by atoms with E-state index in [4.69, 9.17) is 9.47 Å². The van der Waals surface area contributed by atoms with Crippen LogP contribution in [-0.4, -0.2) is 33.9 Å². The summed E-state index contributed by atoms with van der Waals surface area (Å²) in [4.78, 5) is 1.41. The minimum absolute atomic E-state index is 0.293. The van der Waals surface area contributed by atoms with Gasteiger partial charge in [0, 0.05) is 12.1 Å². The lowest BCUT2D eigenvalue weighted by atomic mass is 10.2. The van der Waals surface area contributed by atoms with E-state index in [0.29, 0.717) is 12.4 Å². The third kappa shape index (κ3) is 4.42. The van der Waals surface area contributed by atoms with Gasteiger partial charge in [0.15, 0.2) is 6.61 Å². The summed E-state index contributed by atoms with van der Waals surface area (Å²) in [5, 5.41) is 15.1. The number of ether oxygens (including phenoxy) is 2. The van der Waals surface area contributed by atoms with E-state index in [-0.39, 0.29) is 0 Å². The van der Waals surface area contributed by atoms with Crippen molar-refractivity contribution >= 4 is 0 Å². The Hall–Kier alpha value is -2.15. The molecule has 0 amide bonds. The molecule has 0 bridgehead atoms. The molecular formula is C14H21N5O2. The molecule has 114 valence electrons. The van der Waals surface area contributed by atoms with Gasteiger partial charge in [0.1, 0.15) is 11.5 Å². The van der Waals surface area contributed by atoms with E-state index in [9.17, 15) is 0 Å². The Morgan fingerprint density at radius 3 is 2.86 bits per heavy atom. The number of tetrazole rings is 1. The highest BCUT2D eigenvalue weighted by atomic mass is 16.5. The number of nitrogens with one attached hydrogen (secondary N) is 1. The molecule has 0 spiro atoms. The van der Waals surface area contributed by atoms with Crippen LogP contribution in [0, 0.1) is 0 Å². The molecule has 1 aromatic carbocycles. The van der Waals surface area contributed by atoms with Crippen LogP contribution >= 0.6 is 0 Å². The highest BCUT2D eigenvalue weighted by Crippen LogP contribution is 2.24. The zero-order valence-corrected chi connectivity index (χ0v) is 12.7. The number of aromatic nitrogens is 4. The summed E-state index contributed by atoms with van der Waals surface area (Å²) in [5.74, 6) is 2.17. The Morgan fingerprint density at radius 1 is 1.33 bits per heavy atom. The van der Waals surface area contributed by atoms with Crippen LogP contribution in [0.3, 0.4) is 0 Å². The van der Waals surface area contributed by atoms with Gasteiger partial charge in [0.25, 0.3) is 0 Å². The van der Waals surface area contributed by atoms with Gasteiger partial charge in [0.05, 0.1) is 14.2 Å². The molecule has 0 aliphatic carbocycles. The SMILES string of the molecule is CCCNCc1cc(OC)ccc1OCc1nnn(C)n1. The molecule has 0 unspecified atom stereocenters. The van der Waals surface area contributed by atoms with Gasteiger partial charge in [-0.25, -0.2) is 0 Å². The van der Waals surface area contributed by atoms with Crippen LogP contribution in [-0.2, 0) is 20.2 Å². The Kier molecular flexibility index (Phi) is 5.51. The van der Waals surface area contributed by atoms with E-state index in [1.54, 1.807) is 14.2 Å². The maximum atomic E-state index is 5.79.